The Morgan fingerprint density at radius 2 is 1.52 bits per heavy atom. The molecule has 0 bridgehead atoms. The van der Waals surface area contributed by atoms with Crippen molar-refractivity contribution >= 4 is 11.9 Å². The lowest BCUT2D eigenvalue weighted by Gasteiger charge is -2.34. The molecule has 1 saturated heterocycles. The molecule has 0 amide bonds. The van der Waals surface area contributed by atoms with Crippen molar-refractivity contribution in [3.63, 3.8) is 0 Å². The molecule has 3 aromatic carbocycles. The van der Waals surface area contributed by atoms with Gasteiger partial charge in [0.1, 0.15) is 12.4 Å². The first kappa shape index (κ1) is 19.1. The van der Waals surface area contributed by atoms with Gasteiger partial charge in [-0.15, -0.1) is 0 Å². The van der Waals surface area contributed by atoms with Crippen LogP contribution in [0.5, 0.6) is 5.75 Å². The molecule has 0 atom stereocenters. The largest absolute Gasteiger partial charge is 0.489 e. The molecule has 0 radical (unpaired) electrons. The van der Waals surface area contributed by atoms with Gasteiger partial charge in [0.25, 0.3) is 0 Å². The van der Waals surface area contributed by atoms with Crippen LogP contribution in [0.2, 0.25) is 0 Å². The van der Waals surface area contributed by atoms with Crippen LogP contribution in [0, 0.1) is 6.92 Å². The van der Waals surface area contributed by atoms with E-state index < -0.39 is 0 Å². The van der Waals surface area contributed by atoms with Crippen molar-refractivity contribution in [1.29, 1.82) is 0 Å². The van der Waals surface area contributed by atoms with E-state index in [1.807, 2.05) is 48.7 Å². The van der Waals surface area contributed by atoms with E-state index in [-0.39, 0.29) is 0 Å². The quantitative estimate of drug-likeness (QED) is 0.574. The maximum Gasteiger partial charge on any atom is 0.119 e. The molecular weight excluding hydrogens is 358 g/mol. The van der Waals surface area contributed by atoms with E-state index in [0.717, 1.165) is 37.5 Å². The Morgan fingerprint density at radius 3 is 2.21 bits per heavy atom. The van der Waals surface area contributed by atoms with Crippen LogP contribution in [-0.2, 0) is 6.61 Å². The number of rotatable bonds is 6. The predicted molar refractivity (Wildman–Crippen MR) is 120 cm³/mol. The van der Waals surface area contributed by atoms with Crippen molar-refractivity contribution in [3.05, 3.63) is 95.6 Å². The van der Waals surface area contributed by atoms with Gasteiger partial charge >= 0.3 is 0 Å². The number of hydrogen-bond donors (Lipinski definition) is 0. The summed E-state index contributed by atoms with van der Waals surface area (Å²) in [5.41, 5.74) is 4.85. The molecule has 0 aromatic heterocycles. The number of aryl methyl sites for hydroxylation is 1. The number of anilines is 1. The maximum absolute atomic E-state index is 5.84. The van der Waals surface area contributed by atoms with Crippen LogP contribution in [-0.4, -0.2) is 37.4 Å². The van der Waals surface area contributed by atoms with Gasteiger partial charge in [0.2, 0.25) is 0 Å². The van der Waals surface area contributed by atoms with Gasteiger partial charge in [0.15, 0.2) is 0 Å². The highest BCUT2D eigenvalue weighted by atomic mass is 16.5. The molecule has 148 valence electrons. The van der Waals surface area contributed by atoms with E-state index in [1.165, 1.54) is 16.8 Å². The highest BCUT2D eigenvalue weighted by molar-refractivity contribution is 5.79. The molecule has 29 heavy (non-hydrogen) atoms. The Kier molecular flexibility index (Phi) is 6.10. The summed E-state index contributed by atoms with van der Waals surface area (Å²) in [5.74, 6) is 0.873. The molecular formula is C25H27N3O. The molecule has 1 aliphatic rings. The number of benzene rings is 3. The number of nitrogens with zero attached hydrogens (tertiary/aromatic N) is 3. The minimum atomic E-state index is 0.583. The summed E-state index contributed by atoms with van der Waals surface area (Å²) >= 11 is 0. The lowest BCUT2D eigenvalue weighted by molar-refractivity contribution is 0.272. The van der Waals surface area contributed by atoms with Crippen LogP contribution in [0.15, 0.2) is 84.0 Å². The molecule has 1 fully saturated rings. The van der Waals surface area contributed by atoms with Crippen LogP contribution >= 0.6 is 0 Å². The third-order valence-corrected chi connectivity index (χ3v) is 5.15. The highest BCUT2D eigenvalue weighted by Gasteiger charge is 2.15. The molecule has 0 spiro atoms. The minimum Gasteiger partial charge on any atom is -0.489 e. The van der Waals surface area contributed by atoms with Crippen molar-refractivity contribution in [3.8, 4) is 5.75 Å². The second kappa shape index (κ2) is 9.28. The van der Waals surface area contributed by atoms with Crippen molar-refractivity contribution < 1.29 is 4.74 Å². The Labute approximate surface area is 173 Å². The van der Waals surface area contributed by atoms with E-state index in [1.54, 1.807) is 0 Å². The maximum atomic E-state index is 5.84. The number of ether oxygens (including phenoxy) is 1. The molecule has 4 nitrogen and oxygen atoms in total. The second-order valence-corrected chi connectivity index (χ2v) is 7.36. The molecule has 0 unspecified atom stereocenters. The van der Waals surface area contributed by atoms with Crippen LogP contribution in [0.25, 0.3) is 0 Å². The monoisotopic (exact) mass is 385 g/mol. The lowest BCUT2D eigenvalue weighted by Crippen LogP contribution is -2.44. The third-order valence-electron chi connectivity index (χ3n) is 5.15. The van der Waals surface area contributed by atoms with E-state index >= 15 is 0 Å². The zero-order valence-corrected chi connectivity index (χ0v) is 16.9. The van der Waals surface area contributed by atoms with E-state index in [4.69, 9.17) is 4.74 Å². The Bertz CT molecular complexity index is 913. The second-order valence-electron chi connectivity index (χ2n) is 7.36. The first-order valence-corrected chi connectivity index (χ1v) is 10.1. The predicted octanol–water partition coefficient (Wildman–Crippen LogP) is 4.73. The normalized spacial score (nSPS) is 14.4. The van der Waals surface area contributed by atoms with Crippen molar-refractivity contribution in [2.45, 2.75) is 13.5 Å². The van der Waals surface area contributed by atoms with E-state index in [2.05, 4.69) is 58.3 Å². The van der Waals surface area contributed by atoms with Crippen molar-refractivity contribution in [1.82, 2.24) is 5.01 Å². The number of hydrogen-bond acceptors (Lipinski definition) is 4. The van der Waals surface area contributed by atoms with Gasteiger partial charge in [0, 0.05) is 18.8 Å². The molecule has 0 saturated carbocycles. The molecule has 3 aromatic rings. The van der Waals surface area contributed by atoms with Crippen molar-refractivity contribution in [2.24, 2.45) is 5.10 Å². The summed E-state index contributed by atoms with van der Waals surface area (Å²) in [5, 5.41) is 6.80. The number of hydrazone groups is 1. The number of piperazine rings is 1. The first-order chi connectivity index (χ1) is 14.3. The smallest absolute Gasteiger partial charge is 0.119 e. The summed E-state index contributed by atoms with van der Waals surface area (Å²) in [4.78, 5) is 2.42. The van der Waals surface area contributed by atoms with E-state index in [9.17, 15) is 0 Å². The summed E-state index contributed by atoms with van der Waals surface area (Å²) in [6.45, 7) is 6.56. The zero-order valence-electron chi connectivity index (χ0n) is 16.9. The lowest BCUT2D eigenvalue weighted by atomic mass is 10.2. The van der Waals surface area contributed by atoms with Gasteiger partial charge in [0.05, 0.1) is 19.3 Å². The molecule has 4 heteroatoms. The van der Waals surface area contributed by atoms with Gasteiger partial charge < -0.3 is 9.64 Å². The van der Waals surface area contributed by atoms with Gasteiger partial charge in [-0.3, -0.25) is 5.01 Å². The van der Waals surface area contributed by atoms with Gasteiger partial charge in [-0.05, 0) is 54.4 Å². The van der Waals surface area contributed by atoms with Gasteiger partial charge in [-0.1, -0.05) is 48.0 Å². The topological polar surface area (TPSA) is 28.1 Å². The van der Waals surface area contributed by atoms with Crippen LogP contribution in [0.3, 0.4) is 0 Å². The standard InChI is InChI=1S/C25H27N3O/c1-21-7-11-24(12-8-21)27-15-17-28(18-16-27)26-19-22-9-13-25(14-10-22)29-20-23-5-3-2-4-6-23/h2-14,19H,15-18,20H2,1H3/b26-19+. The fourth-order valence-corrected chi connectivity index (χ4v) is 3.36. The third kappa shape index (κ3) is 5.38. The molecule has 4 rings (SSSR count). The summed E-state index contributed by atoms with van der Waals surface area (Å²) in [7, 11) is 0. The molecule has 1 heterocycles. The van der Waals surface area contributed by atoms with Crippen molar-refractivity contribution in [2.75, 3.05) is 31.1 Å². The van der Waals surface area contributed by atoms with E-state index in [0.29, 0.717) is 6.61 Å². The Balaban J connectivity index is 1.25. The summed E-state index contributed by atoms with van der Waals surface area (Å²) < 4.78 is 5.84. The van der Waals surface area contributed by atoms with Crippen LogP contribution < -0.4 is 9.64 Å². The summed E-state index contributed by atoms with van der Waals surface area (Å²) in [6.07, 6.45) is 1.93. The molecule has 0 N–H and O–H groups in total. The fourth-order valence-electron chi connectivity index (χ4n) is 3.36. The SMILES string of the molecule is Cc1ccc(N2CCN(/N=C/c3ccc(OCc4ccccc4)cc3)CC2)cc1. The molecule has 0 aliphatic carbocycles. The Morgan fingerprint density at radius 1 is 0.828 bits per heavy atom. The average Bonchev–Trinajstić information content (AvgIpc) is 2.79. The Hall–Kier alpha value is -3.27. The zero-order chi connectivity index (χ0) is 19.9. The van der Waals surface area contributed by atoms with Gasteiger partial charge in [-0.2, -0.15) is 5.10 Å². The fraction of sp³-hybridized carbons (Fsp3) is 0.240. The van der Waals surface area contributed by atoms with Gasteiger partial charge in [-0.25, -0.2) is 0 Å². The highest BCUT2D eigenvalue weighted by Crippen LogP contribution is 2.17. The average molecular weight is 386 g/mol. The first-order valence-electron chi connectivity index (χ1n) is 10.1. The summed E-state index contributed by atoms with van der Waals surface area (Å²) in [6, 6.07) is 27.1. The van der Waals surface area contributed by atoms with Crippen LogP contribution in [0.1, 0.15) is 16.7 Å². The van der Waals surface area contributed by atoms with Crippen LogP contribution in [0.4, 0.5) is 5.69 Å². The molecule has 1 aliphatic heterocycles. The minimum absolute atomic E-state index is 0.583.